The van der Waals surface area contributed by atoms with E-state index in [1.54, 1.807) is 0 Å². The Bertz CT molecular complexity index is 9210. The fourth-order valence-electron chi connectivity index (χ4n) is 26.5. The van der Waals surface area contributed by atoms with Gasteiger partial charge in [-0.15, -0.1) is 0 Å². The Kier molecular flexibility index (Phi) is 21.6. The zero-order chi connectivity index (χ0) is 99.3. The van der Waals surface area contributed by atoms with Gasteiger partial charge < -0.3 is 9.80 Å². The van der Waals surface area contributed by atoms with Crippen molar-refractivity contribution in [3.05, 3.63) is 696 Å². The van der Waals surface area contributed by atoms with E-state index < -0.39 is 21.7 Å². The third-order valence-electron chi connectivity index (χ3n) is 32.6. The van der Waals surface area contributed by atoms with E-state index in [1.165, 1.54) is 134 Å². The molecule has 0 fully saturated rings. The molecule has 0 aromatic heterocycles. The first-order valence-electron chi connectivity index (χ1n) is 52.2. The Morgan fingerprint density at radius 3 is 0.620 bits per heavy atom. The van der Waals surface area contributed by atoms with E-state index in [0.29, 0.717) is 0 Å². The van der Waals surface area contributed by atoms with E-state index in [4.69, 9.17) is 0 Å². The van der Waals surface area contributed by atoms with Crippen molar-refractivity contribution in [3.8, 4) is 122 Å². The van der Waals surface area contributed by atoms with Crippen LogP contribution in [0.2, 0.25) is 0 Å². The van der Waals surface area contributed by atoms with Gasteiger partial charge >= 0.3 is 0 Å². The molecular weight excluding hydrogens is 1810 g/mol. The van der Waals surface area contributed by atoms with Crippen LogP contribution in [-0.4, -0.2) is 0 Å². The van der Waals surface area contributed by atoms with E-state index in [-0.39, 0.29) is 0 Å². The van der Waals surface area contributed by atoms with E-state index in [0.717, 1.165) is 112 Å². The highest BCUT2D eigenvalue weighted by molar-refractivity contribution is 6.06. The summed E-state index contributed by atoms with van der Waals surface area (Å²) in [5, 5.41) is 0. The van der Waals surface area contributed by atoms with Crippen LogP contribution in [0, 0.1) is 0 Å². The number of anilines is 6. The molecule has 0 radical (unpaired) electrons. The summed E-state index contributed by atoms with van der Waals surface area (Å²) < 4.78 is 0. The summed E-state index contributed by atoms with van der Waals surface area (Å²) in [6.07, 6.45) is 0. The maximum absolute atomic E-state index is 2.59. The zero-order valence-corrected chi connectivity index (χ0v) is 82.6. The predicted octanol–water partition coefficient (Wildman–Crippen LogP) is 37.7. The Morgan fingerprint density at radius 2 is 0.307 bits per heavy atom. The van der Waals surface area contributed by atoms with E-state index in [9.17, 15) is 0 Å². The van der Waals surface area contributed by atoms with Crippen molar-refractivity contribution in [2.75, 3.05) is 9.80 Å². The van der Waals surface area contributed by atoms with Crippen LogP contribution in [0.5, 0.6) is 0 Å². The molecule has 150 heavy (non-hydrogen) atoms. The molecule has 0 heterocycles. The molecule has 2 nitrogen and oxygen atoms in total. The van der Waals surface area contributed by atoms with Crippen LogP contribution < -0.4 is 9.80 Å². The maximum Gasteiger partial charge on any atom is 0.0714 e. The van der Waals surface area contributed by atoms with Crippen molar-refractivity contribution in [3.63, 3.8) is 0 Å². The molecule has 4 aliphatic rings. The quantitative estimate of drug-likeness (QED) is 0.0707. The number of benzene rings is 24. The van der Waals surface area contributed by atoms with Gasteiger partial charge in [-0.3, -0.25) is 0 Å². The molecule has 0 spiro atoms. The minimum absolute atomic E-state index is 0.608. The number of rotatable bonds is 21. The van der Waals surface area contributed by atoms with Crippen LogP contribution >= 0.6 is 0 Å². The minimum atomic E-state index is -0.810. The molecule has 2 heteroatoms. The molecule has 0 N–H and O–H groups in total. The van der Waals surface area contributed by atoms with Crippen LogP contribution in [0.25, 0.3) is 122 Å². The normalized spacial score (nSPS) is 14.7. The zero-order valence-electron chi connectivity index (χ0n) is 82.6. The van der Waals surface area contributed by atoms with Crippen molar-refractivity contribution in [1.29, 1.82) is 0 Å². The summed E-state index contributed by atoms with van der Waals surface area (Å²) >= 11 is 0. The van der Waals surface area contributed by atoms with E-state index >= 15 is 0 Å². The number of hydrogen-bond donors (Lipinski definition) is 0. The lowest BCUT2D eigenvalue weighted by molar-refractivity contribution is 0.767. The maximum atomic E-state index is 2.59. The molecule has 24 aromatic rings. The van der Waals surface area contributed by atoms with Gasteiger partial charge in [-0.2, -0.15) is 0 Å². The fourth-order valence-corrected chi connectivity index (χ4v) is 26.5. The molecule has 0 bridgehead atoms. The molecule has 24 aromatic carbocycles. The lowest BCUT2D eigenvalue weighted by atomic mass is 9.66. The molecule has 0 saturated carbocycles. The fraction of sp³-hybridized carbons (Fsp3) is 0.0270. The third-order valence-corrected chi connectivity index (χ3v) is 32.6. The van der Waals surface area contributed by atoms with Gasteiger partial charge in [0, 0.05) is 33.9 Å². The Hall–Kier alpha value is -19.1. The van der Waals surface area contributed by atoms with Gasteiger partial charge in [-0.05, 0) is 273 Å². The van der Waals surface area contributed by atoms with Crippen LogP contribution in [0.3, 0.4) is 0 Å². The second-order valence-electron chi connectivity index (χ2n) is 40.1. The average molecular weight is 1910 g/mol. The van der Waals surface area contributed by atoms with Gasteiger partial charge in [0.2, 0.25) is 0 Å². The van der Waals surface area contributed by atoms with Gasteiger partial charge in [0.05, 0.1) is 33.0 Å². The molecule has 0 aliphatic heterocycles. The standard InChI is InChI=1S/C148H100N2/c1-11-47-101(48-12-1)119-71-31-33-77-128(119)143-121(103-51-15-3-16-52-103)79-45-85-141(143)149(115-88-92-137-130(97-115)124-74-36-40-82-134(124)145(137,107-57-19-5-20-58-107)108-59-21-6-22-60-108)116-89-93-138-131(98-116)125-75-37-41-83-135(125)147(138,111-65-27-9-28-66-111)113-69-43-55-105(95-113)106-56-44-70-114(96-106)148(112-67-29-10-30-68-112)136-84-42-38-76-126(136)132-99-117(90-94-139(132)148)150(142-86-46-80-122(104-53-17-4-18-54-104)144(142)129-78-34-32-72-120(129)102-49-13-2-14-50-102)118-87-91-127-123-73-35-39-81-133(123)146(140(127)100-118,109-61-23-7-24-62-109)110-63-25-8-26-64-110/h1-100H. The van der Waals surface area contributed by atoms with E-state index in [2.05, 4.69) is 616 Å². The van der Waals surface area contributed by atoms with E-state index in [1.807, 2.05) is 0 Å². The van der Waals surface area contributed by atoms with Gasteiger partial charge in [-0.25, -0.2) is 0 Å². The van der Waals surface area contributed by atoms with Crippen LogP contribution in [0.15, 0.2) is 607 Å². The Labute approximate surface area is 877 Å². The van der Waals surface area contributed by atoms with Gasteiger partial charge in [-0.1, -0.05) is 534 Å². The van der Waals surface area contributed by atoms with Crippen LogP contribution in [0.4, 0.5) is 34.1 Å². The van der Waals surface area contributed by atoms with Crippen molar-refractivity contribution in [2.45, 2.75) is 21.7 Å². The molecule has 28 rings (SSSR count). The first-order valence-corrected chi connectivity index (χ1v) is 52.2. The van der Waals surface area contributed by atoms with Gasteiger partial charge in [0.25, 0.3) is 0 Å². The highest BCUT2D eigenvalue weighted by atomic mass is 15.2. The number of nitrogens with zero attached hydrogens (tertiary/aromatic N) is 2. The molecule has 2 atom stereocenters. The summed E-state index contributed by atoms with van der Waals surface area (Å²) in [5.74, 6) is 0. The largest absolute Gasteiger partial charge is 0.310 e. The Morgan fingerprint density at radius 1 is 0.107 bits per heavy atom. The highest BCUT2D eigenvalue weighted by Crippen LogP contribution is 2.65. The average Bonchev–Trinajstić information content (AvgIpc) is 1.54. The second-order valence-corrected chi connectivity index (χ2v) is 40.1. The minimum Gasteiger partial charge on any atom is -0.310 e. The lowest BCUT2D eigenvalue weighted by Gasteiger charge is -2.36. The highest BCUT2D eigenvalue weighted by Gasteiger charge is 2.52. The Balaban J connectivity index is 0.630. The van der Waals surface area contributed by atoms with Crippen molar-refractivity contribution in [2.24, 2.45) is 0 Å². The molecule has 2 unspecified atom stereocenters. The number of fused-ring (bicyclic) bond motifs is 12. The molecule has 0 saturated heterocycles. The summed E-state index contributed by atoms with van der Waals surface area (Å²) in [6.45, 7) is 0. The first-order chi connectivity index (χ1) is 74.4. The SMILES string of the molecule is c1ccc(-c2ccccc2-c2c(-c3ccccc3)cccc2N(c2ccc3c(c2)-c2ccccc2C3(c2ccccc2)c2ccccc2)c2ccc3c(c2)-c2ccccc2C3(c2ccccc2)c2cccc(-c3cccc(C4(c5ccccc5)c5ccccc5-c5cc(N(c6ccc7c(c6)C(c6ccccc6)(c6ccccc6)c6ccccc6-7)c6cccc(-c7ccccc7)c6-c6ccccc6-c6ccccc6)ccc54)c3)c2)cc1. The second kappa shape index (κ2) is 36.6. The van der Waals surface area contributed by atoms with Gasteiger partial charge in [0.15, 0.2) is 0 Å². The summed E-state index contributed by atoms with van der Waals surface area (Å²) in [7, 11) is 0. The van der Waals surface area contributed by atoms with Crippen LogP contribution in [0.1, 0.15) is 89.0 Å². The predicted molar refractivity (Wildman–Crippen MR) is 623 cm³/mol. The molecule has 702 valence electrons. The molecule has 0 amide bonds. The summed E-state index contributed by atoms with van der Waals surface area (Å²) in [6, 6.07) is 229. The molecule has 4 aliphatic carbocycles. The lowest BCUT2D eigenvalue weighted by Crippen LogP contribution is -2.29. The number of hydrogen-bond acceptors (Lipinski definition) is 2. The van der Waals surface area contributed by atoms with Crippen LogP contribution in [-0.2, 0) is 21.7 Å². The van der Waals surface area contributed by atoms with Crippen molar-refractivity contribution >= 4 is 34.1 Å². The smallest absolute Gasteiger partial charge is 0.0714 e. The summed E-state index contributed by atoms with van der Waals surface area (Å²) in [4.78, 5) is 5.17. The first kappa shape index (κ1) is 88.6. The van der Waals surface area contributed by atoms with Crippen molar-refractivity contribution in [1.82, 2.24) is 0 Å². The monoisotopic (exact) mass is 1900 g/mol. The third kappa shape index (κ3) is 13.8. The van der Waals surface area contributed by atoms with Crippen molar-refractivity contribution < 1.29 is 0 Å². The summed E-state index contributed by atoms with van der Waals surface area (Å²) in [5.41, 5.74) is 48.3. The topological polar surface area (TPSA) is 6.48 Å². The molecular formula is C148H100N2. The van der Waals surface area contributed by atoms with Gasteiger partial charge in [0.1, 0.15) is 0 Å².